The van der Waals surface area contributed by atoms with Crippen LogP contribution in [-0.4, -0.2) is 21.1 Å². The van der Waals surface area contributed by atoms with E-state index in [-0.39, 0.29) is 10.3 Å². The predicted molar refractivity (Wildman–Crippen MR) is 66.1 cm³/mol. The maximum Gasteiger partial charge on any atom is 0.216 e. The number of aromatic amines is 1. The Morgan fingerprint density at radius 2 is 2.11 bits per heavy atom. The van der Waals surface area contributed by atoms with Gasteiger partial charge in [-0.1, -0.05) is 13.0 Å². The van der Waals surface area contributed by atoms with E-state index in [1.165, 1.54) is 22.9 Å². The summed E-state index contributed by atoms with van der Waals surface area (Å²) in [6, 6.07) is 3.63. The van der Waals surface area contributed by atoms with E-state index >= 15 is 0 Å². The minimum absolute atomic E-state index is 0.206. The van der Waals surface area contributed by atoms with Crippen LogP contribution in [0, 0.1) is 16.4 Å². The van der Waals surface area contributed by atoms with Gasteiger partial charge in [-0.05, 0) is 24.4 Å². The molecule has 0 aliphatic carbocycles. The number of aromatic nitrogens is 3. The quantitative estimate of drug-likeness (QED) is 0.687. The Morgan fingerprint density at radius 1 is 1.44 bits per heavy atom. The van der Waals surface area contributed by atoms with Crippen molar-refractivity contribution in [3.05, 3.63) is 46.0 Å². The molecule has 2 aromatic rings. The number of aryl methyl sites for hydroxylation is 1. The molecule has 1 heterocycles. The zero-order valence-electron chi connectivity index (χ0n) is 9.52. The molecule has 0 bridgehead atoms. The van der Waals surface area contributed by atoms with Crippen LogP contribution < -0.4 is 0 Å². The van der Waals surface area contributed by atoms with Crippen molar-refractivity contribution in [2.45, 2.75) is 13.3 Å². The number of hydrogen-bond donors (Lipinski definition) is 1. The molecule has 0 spiro atoms. The van der Waals surface area contributed by atoms with Crippen LogP contribution in [0.1, 0.15) is 18.3 Å². The Hall–Kier alpha value is -1.89. The summed E-state index contributed by atoms with van der Waals surface area (Å²) in [7, 11) is 0. The summed E-state index contributed by atoms with van der Waals surface area (Å²) >= 11 is 4.96. The monoisotopic (exact) mass is 268 g/mol. The van der Waals surface area contributed by atoms with Crippen LogP contribution in [-0.2, 0) is 6.42 Å². The van der Waals surface area contributed by atoms with Gasteiger partial charge in [-0.15, -0.1) is 0 Å². The molecule has 0 aliphatic rings. The second-order valence-electron chi connectivity index (χ2n) is 3.49. The first-order valence-corrected chi connectivity index (χ1v) is 5.69. The van der Waals surface area contributed by atoms with E-state index in [0.29, 0.717) is 12.2 Å². The van der Waals surface area contributed by atoms with Crippen molar-refractivity contribution >= 4 is 18.4 Å². The van der Waals surface area contributed by atoms with Gasteiger partial charge in [-0.3, -0.25) is 5.10 Å². The molecule has 18 heavy (non-hydrogen) atoms. The highest BCUT2D eigenvalue weighted by Gasteiger charge is 2.06. The molecule has 0 aliphatic heterocycles. The van der Waals surface area contributed by atoms with E-state index in [1.807, 2.05) is 6.92 Å². The second kappa shape index (κ2) is 5.18. The van der Waals surface area contributed by atoms with Gasteiger partial charge in [0.05, 0.1) is 11.8 Å². The molecule has 0 radical (unpaired) electrons. The summed E-state index contributed by atoms with van der Waals surface area (Å²) in [5.74, 6) is -0.758. The minimum atomic E-state index is -0.674. The van der Waals surface area contributed by atoms with Gasteiger partial charge >= 0.3 is 0 Å². The Kier molecular flexibility index (Phi) is 3.61. The van der Waals surface area contributed by atoms with Crippen molar-refractivity contribution in [3.8, 4) is 0 Å². The standard InChI is InChI=1S/C11H10F2N4S/c1-2-10-15-16-11(18)17(10)14-6-7-8(12)4-3-5-9(7)13/h3-6H,2H2,1H3,(H,16,18)/b14-6-. The molecular formula is C11H10F2N4S. The Bertz CT molecular complexity index is 624. The molecule has 0 amide bonds. The number of nitrogens with one attached hydrogen (secondary N) is 1. The lowest BCUT2D eigenvalue weighted by atomic mass is 10.2. The van der Waals surface area contributed by atoms with Crippen LogP contribution in [0.3, 0.4) is 0 Å². The fourth-order valence-corrected chi connectivity index (χ4v) is 1.62. The third kappa shape index (κ3) is 2.35. The normalized spacial score (nSPS) is 11.3. The molecule has 0 saturated heterocycles. The first-order valence-electron chi connectivity index (χ1n) is 5.28. The smallest absolute Gasteiger partial charge is 0.216 e. The molecule has 1 N–H and O–H groups in total. The molecule has 0 atom stereocenters. The Morgan fingerprint density at radius 3 is 2.72 bits per heavy atom. The fraction of sp³-hybridized carbons (Fsp3) is 0.182. The van der Waals surface area contributed by atoms with E-state index in [0.717, 1.165) is 6.21 Å². The SMILES string of the molecule is CCc1n[nH]c(=S)n1/N=C\c1c(F)cccc1F. The number of hydrogen-bond acceptors (Lipinski definition) is 3. The van der Waals surface area contributed by atoms with Crippen molar-refractivity contribution in [3.63, 3.8) is 0 Å². The van der Waals surface area contributed by atoms with E-state index in [9.17, 15) is 8.78 Å². The average molecular weight is 268 g/mol. The van der Waals surface area contributed by atoms with Gasteiger partial charge in [0.2, 0.25) is 4.77 Å². The molecular weight excluding hydrogens is 258 g/mol. The Balaban J connectivity index is 2.42. The van der Waals surface area contributed by atoms with Crippen molar-refractivity contribution < 1.29 is 8.78 Å². The first-order chi connectivity index (χ1) is 8.63. The minimum Gasteiger partial charge on any atom is -0.250 e. The maximum atomic E-state index is 13.4. The first kappa shape index (κ1) is 12.6. The second-order valence-corrected chi connectivity index (χ2v) is 3.88. The van der Waals surface area contributed by atoms with Gasteiger partial charge < -0.3 is 0 Å². The van der Waals surface area contributed by atoms with Crippen LogP contribution in [0.5, 0.6) is 0 Å². The Labute approximate surface area is 107 Å². The predicted octanol–water partition coefficient (Wildman–Crippen LogP) is 2.66. The molecule has 0 unspecified atom stereocenters. The lowest BCUT2D eigenvalue weighted by Gasteiger charge is -1.99. The summed E-state index contributed by atoms with van der Waals surface area (Å²) in [6.45, 7) is 1.88. The van der Waals surface area contributed by atoms with Crippen molar-refractivity contribution in [2.24, 2.45) is 5.10 Å². The largest absolute Gasteiger partial charge is 0.250 e. The third-order valence-corrected chi connectivity index (χ3v) is 2.60. The highest BCUT2D eigenvalue weighted by Crippen LogP contribution is 2.09. The molecule has 4 nitrogen and oxygen atoms in total. The molecule has 1 aromatic carbocycles. The molecule has 1 aromatic heterocycles. The van der Waals surface area contributed by atoms with Crippen LogP contribution in [0.4, 0.5) is 8.78 Å². The van der Waals surface area contributed by atoms with Crippen LogP contribution in [0.15, 0.2) is 23.3 Å². The topological polar surface area (TPSA) is 46.0 Å². The molecule has 0 fully saturated rings. The van der Waals surface area contributed by atoms with Gasteiger partial charge in [0.25, 0.3) is 0 Å². The fourth-order valence-electron chi connectivity index (χ4n) is 1.42. The highest BCUT2D eigenvalue weighted by molar-refractivity contribution is 7.71. The zero-order chi connectivity index (χ0) is 13.1. The van der Waals surface area contributed by atoms with Gasteiger partial charge in [0, 0.05) is 6.42 Å². The van der Waals surface area contributed by atoms with Gasteiger partial charge in [-0.25, -0.2) is 8.78 Å². The summed E-state index contributed by atoms with van der Waals surface area (Å²) < 4.78 is 28.4. The highest BCUT2D eigenvalue weighted by atomic mass is 32.1. The lowest BCUT2D eigenvalue weighted by Crippen LogP contribution is -2.00. The summed E-state index contributed by atoms with van der Waals surface area (Å²) in [6.07, 6.45) is 1.69. The summed E-state index contributed by atoms with van der Waals surface area (Å²) in [5, 5.41) is 10.4. The van der Waals surface area contributed by atoms with Crippen LogP contribution >= 0.6 is 12.2 Å². The van der Waals surface area contributed by atoms with E-state index in [2.05, 4.69) is 15.3 Å². The maximum absolute atomic E-state index is 13.4. The van der Waals surface area contributed by atoms with Crippen molar-refractivity contribution in [2.75, 3.05) is 0 Å². The molecule has 94 valence electrons. The van der Waals surface area contributed by atoms with Crippen molar-refractivity contribution in [1.29, 1.82) is 0 Å². The molecule has 2 rings (SSSR count). The number of nitrogens with zero attached hydrogens (tertiary/aromatic N) is 3. The summed E-state index contributed by atoms with van der Waals surface area (Å²) in [4.78, 5) is 0. The van der Waals surface area contributed by atoms with Crippen molar-refractivity contribution in [1.82, 2.24) is 14.9 Å². The summed E-state index contributed by atoms with van der Waals surface area (Å²) in [5.41, 5.74) is -0.206. The number of rotatable bonds is 3. The number of benzene rings is 1. The van der Waals surface area contributed by atoms with Gasteiger partial charge in [0.15, 0.2) is 5.82 Å². The third-order valence-electron chi connectivity index (χ3n) is 2.34. The average Bonchev–Trinajstić information content (AvgIpc) is 2.70. The van der Waals surface area contributed by atoms with E-state index < -0.39 is 11.6 Å². The lowest BCUT2D eigenvalue weighted by molar-refractivity contribution is 0.579. The molecule has 7 heteroatoms. The molecule has 0 saturated carbocycles. The van der Waals surface area contributed by atoms with Crippen LogP contribution in [0.25, 0.3) is 0 Å². The van der Waals surface area contributed by atoms with Crippen LogP contribution in [0.2, 0.25) is 0 Å². The number of H-pyrrole nitrogens is 1. The van der Waals surface area contributed by atoms with Gasteiger partial charge in [-0.2, -0.15) is 14.9 Å². The van der Waals surface area contributed by atoms with Gasteiger partial charge in [0.1, 0.15) is 11.6 Å². The zero-order valence-corrected chi connectivity index (χ0v) is 10.3. The van der Waals surface area contributed by atoms with E-state index in [1.54, 1.807) is 0 Å². The van der Waals surface area contributed by atoms with E-state index in [4.69, 9.17) is 12.2 Å². The number of halogens is 2.